The molecule has 0 radical (unpaired) electrons. The first-order valence-corrected chi connectivity index (χ1v) is 11.1. The van der Waals surface area contributed by atoms with Gasteiger partial charge in [-0.3, -0.25) is 4.57 Å². The molecule has 4 heterocycles. The normalized spacial score (nSPS) is 16.1. The molecule has 160 valence electrons. The molecule has 0 bridgehead atoms. The monoisotopic (exact) mass is 438 g/mol. The van der Waals surface area contributed by atoms with Gasteiger partial charge < -0.3 is 18.4 Å². The molecular weight excluding hydrogens is 416 g/mol. The maximum Gasteiger partial charge on any atom is 0.202 e. The van der Waals surface area contributed by atoms with E-state index in [2.05, 4.69) is 19.9 Å². The molecule has 0 unspecified atom stereocenters. The molecule has 1 atom stereocenters. The van der Waals surface area contributed by atoms with Gasteiger partial charge in [-0.05, 0) is 49.2 Å². The Morgan fingerprint density at radius 3 is 2.81 bits per heavy atom. The summed E-state index contributed by atoms with van der Waals surface area (Å²) in [6, 6.07) is 13.4. The Morgan fingerprint density at radius 1 is 1.16 bits per heavy atom. The van der Waals surface area contributed by atoms with Crippen molar-refractivity contribution in [2.24, 2.45) is 0 Å². The number of hydrogen-bond donors (Lipinski definition) is 0. The second-order valence-electron chi connectivity index (χ2n) is 7.23. The number of nitrogens with zero attached hydrogens (tertiary/aromatic N) is 4. The van der Waals surface area contributed by atoms with Crippen molar-refractivity contribution in [1.29, 1.82) is 0 Å². The van der Waals surface area contributed by atoms with Gasteiger partial charge in [-0.2, -0.15) is 0 Å². The third-order valence-corrected chi connectivity index (χ3v) is 6.15. The summed E-state index contributed by atoms with van der Waals surface area (Å²) in [6.45, 7) is 1.52. The third kappa shape index (κ3) is 4.38. The number of benzene rings is 1. The summed E-state index contributed by atoms with van der Waals surface area (Å²) < 4.78 is 24.1. The van der Waals surface area contributed by atoms with Gasteiger partial charge in [0.05, 0.1) is 31.7 Å². The van der Waals surface area contributed by atoms with Gasteiger partial charge in [0.2, 0.25) is 5.76 Å². The SMILES string of the molecule is COc1ccc(-c2nnc(SCc3cc(-c4ccco4)on3)n2C[C@@H]2CCCO2)cc1. The van der Waals surface area contributed by atoms with Crippen LogP contribution in [0.2, 0.25) is 0 Å². The quantitative estimate of drug-likeness (QED) is 0.367. The average Bonchev–Trinajstić information content (AvgIpc) is 3.61. The molecule has 1 aromatic carbocycles. The molecular formula is C22H22N4O4S. The van der Waals surface area contributed by atoms with E-state index in [1.165, 1.54) is 0 Å². The van der Waals surface area contributed by atoms with Crippen molar-refractivity contribution in [1.82, 2.24) is 19.9 Å². The zero-order valence-electron chi connectivity index (χ0n) is 17.1. The van der Waals surface area contributed by atoms with Crippen molar-refractivity contribution in [2.75, 3.05) is 13.7 Å². The van der Waals surface area contributed by atoms with E-state index in [1.54, 1.807) is 25.1 Å². The van der Waals surface area contributed by atoms with Crippen LogP contribution in [0.5, 0.6) is 5.75 Å². The maximum absolute atomic E-state index is 5.87. The van der Waals surface area contributed by atoms with Crippen LogP contribution in [0.3, 0.4) is 0 Å². The van der Waals surface area contributed by atoms with E-state index < -0.39 is 0 Å². The molecule has 1 saturated heterocycles. The molecule has 4 aromatic rings. The van der Waals surface area contributed by atoms with E-state index in [-0.39, 0.29) is 6.10 Å². The van der Waals surface area contributed by atoms with Crippen LogP contribution < -0.4 is 4.74 Å². The van der Waals surface area contributed by atoms with Crippen molar-refractivity contribution in [3.05, 3.63) is 54.4 Å². The van der Waals surface area contributed by atoms with Gasteiger partial charge in [0.15, 0.2) is 16.7 Å². The lowest BCUT2D eigenvalue weighted by molar-refractivity contribution is 0.0953. The summed E-state index contributed by atoms with van der Waals surface area (Å²) in [5.41, 5.74) is 1.80. The fraction of sp³-hybridized carbons (Fsp3) is 0.318. The molecule has 9 heteroatoms. The van der Waals surface area contributed by atoms with Crippen LogP contribution in [0.4, 0.5) is 0 Å². The number of methoxy groups -OCH3 is 1. The zero-order valence-corrected chi connectivity index (χ0v) is 17.9. The van der Waals surface area contributed by atoms with Crippen molar-refractivity contribution < 1.29 is 18.4 Å². The Morgan fingerprint density at radius 2 is 2.06 bits per heavy atom. The number of furan rings is 1. The molecule has 0 amide bonds. The topological polar surface area (TPSA) is 88.3 Å². The van der Waals surface area contributed by atoms with Crippen LogP contribution >= 0.6 is 11.8 Å². The number of hydrogen-bond acceptors (Lipinski definition) is 8. The highest BCUT2D eigenvalue weighted by molar-refractivity contribution is 7.98. The average molecular weight is 439 g/mol. The predicted octanol–water partition coefficient (Wildman–Crippen LogP) is 4.67. The Kier molecular flexibility index (Phi) is 5.77. The highest BCUT2D eigenvalue weighted by atomic mass is 32.2. The number of aromatic nitrogens is 4. The molecule has 31 heavy (non-hydrogen) atoms. The molecule has 0 saturated carbocycles. The van der Waals surface area contributed by atoms with Gasteiger partial charge in [-0.25, -0.2) is 0 Å². The molecule has 0 N–H and O–H groups in total. The van der Waals surface area contributed by atoms with E-state index in [4.69, 9.17) is 18.4 Å². The van der Waals surface area contributed by atoms with Crippen molar-refractivity contribution in [3.63, 3.8) is 0 Å². The van der Waals surface area contributed by atoms with Gasteiger partial charge in [-0.1, -0.05) is 16.9 Å². The lowest BCUT2D eigenvalue weighted by Gasteiger charge is -2.14. The number of rotatable bonds is 8. The summed E-state index contributed by atoms with van der Waals surface area (Å²) in [4.78, 5) is 0. The zero-order chi connectivity index (χ0) is 21.0. The molecule has 0 spiro atoms. The predicted molar refractivity (Wildman–Crippen MR) is 115 cm³/mol. The van der Waals surface area contributed by atoms with E-state index in [0.29, 0.717) is 23.8 Å². The summed E-state index contributed by atoms with van der Waals surface area (Å²) >= 11 is 1.57. The van der Waals surface area contributed by atoms with E-state index in [1.807, 2.05) is 42.5 Å². The Bertz CT molecular complexity index is 1120. The molecule has 1 aliphatic heterocycles. The highest BCUT2D eigenvalue weighted by Gasteiger charge is 2.22. The van der Waals surface area contributed by atoms with Crippen LogP contribution in [0.15, 0.2) is 62.8 Å². The number of ether oxygens (including phenoxy) is 2. The largest absolute Gasteiger partial charge is 0.497 e. The lowest BCUT2D eigenvalue weighted by atomic mass is 10.2. The second kappa shape index (κ2) is 8.99. The van der Waals surface area contributed by atoms with E-state index >= 15 is 0 Å². The minimum Gasteiger partial charge on any atom is -0.497 e. The highest BCUT2D eigenvalue weighted by Crippen LogP contribution is 2.30. The minimum atomic E-state index is 0.171. The molecule has 0 aliphatic carbocycles. The Labute approximate surface area is 183 Å². The van der Waals surface area contributed by atoms with Crippen molar-refractivity contribution in [2.45, 2.75) is 36.4 Å². The minimum absolute atomic E-state index is 0.171. The summed E-state index contributed by atoms with van der Waals surface area (Å²) in [7, 11) is 1.66. The Balaban J connectivity index is 1.37. The smallest absolute Gasteiger partial charge is 0.202 e. The van der Waals surface area contributed by atoms with Crippen LogP contribution in [0.1, 0.15) is 18.5 Å². The standard InChI is InChI=1S/C22H22N4O4S/c1-27-17-8-6-15(7-9-17)21-23-24-22(26(21)13-18-4-2-10-28-18)31-14-16-12-20(30-25-16)19-5-3-11-29-19/h3,5-9,11-12,18H,2,4,10,13-14H2,1H3/t18-/m0/s1. The van der Waals surface area contributed by atoms with Gasteiger partial charge in [0, 0.05) is 24.0 Å². The Hall–Kier alpha value is -3.04. The number of thioether (sulfide) groups is 1. The van der Waals surface area contributed by atoms with Crippen LogP contribution in [0, 0.1) is 0 Å². The molecule has 3 aromatic heterocycles. The van der Waals surface area contributed by atoms with Gasteiger partial charge in [0.1, 0.15) is 5.75 Å². The summed E-state index contributed by atoms with van der Waals surface area (Å²) in [6.07, 6.45) is 3.91. The lowest BCUT2D eigenvalue weighted by Crippen LogP contribution is -2.16. The van der Waals surface area contributed by atoms with Crippen molar-refractivity contribution in [3.8, 4) is 28.7 Å². The molecule has 1 fully saturated rings. The first-order valence-electron chi connectivity index (χ1n) is 10.1. The first kappa shape index (κ1) is 19.9. The summed E-state index contributed by atoms with van der Waals surface area (Å²) in [5, 5.41) is 13.9. The van der Waals surface area contributed by atoms with Crippen LogP contribution in [-0.4, -0.2) is 39.7 Å². The van der Waals surface area contributed by atoms with Crippen LogP contribution in [-0.2, 0) is 17.0 Å². The fourth-order valence-electron chi connectivity index (χ4n) is 3.56. The van der Waals surface area contributed by atoms with Gasteiger partial charge >= 0.3 is 0 Å². The fourth-order valence-corrected chi connectivity index (χ4v) is 4.39. The molecule has 1 aliphatic rings. The molecule has 8 nitrogen and oxygen atoms in total. The molecule has 5 rings (SSSR count). The second-order valence-corrected chi connectivity index (χ2v) is 8.17. The van der Waals surface area contributed by atoms with E-state index in [0.717, 1.165) is 47.4 Å². The maximum atomic E-state index is 5.87. The van der Waals surface area contributed by atoms with E-state index in [9.17, 15) is 0 Å². The van der Waals surface area contributed by atoms with Gasteiger partial charge in [-0.15, -0.1) is 10.2 Å². The summed E-state index contributed by atoms with van der Waals surface area (Å²) in [5.74, 6) is 3.50. The first-order chi connectivity index (χ1) is 15.3. The van der Waals surface area contributed by atoms with Gasteiger partial charge in [0.25, 0.3) is 0 Å². The van der Waals surface area contributed by atoms with Crippen LogP contribution in [0.25, 0.3) is 22.9 Å². The third-order valence-electron chi connectivity index (χ3n) is 5.15. The van der Waals surface area contributed by atoms with Crippen molar-refractivity contribution >= 4 is 11.8 Å².